The molecule has 0 amide bonds. The van der Waals surface area contributed by atoms with E-state index in [4.69, 9.17) is 4.74 Å². The molecule has 0 saturated carbocycles. The van der Waals surface area contributed by atoms with Gasteiger partial charge in [0.05, 0.1) is 19.4 Å². The molecule has 1 unspecified atom stereocenters. The number of rotatable bonds is 9. The molecule has 0 saturated heterocycles. The fourth-order valence-corrected chi connectivity index (χ4v) is 2.43. The Labute approximate surface area is 150 Å². The highest BCUT2D eigenvalue weighted by Crippen LogP contribution is 2.03. The number of guanidine groups is 1. The van der Waals surface area contributed by atoms with E-state index in [2.05, 4.69) is 39.8 Å². The number of aryl methyl sites for hydroxylation is 1. The first-order valence-corrected chi connectivity index (χ1v) is 8.71. The van der Waals surface area contributed by atoms with E-state index in [1.807, 2.05) is 42.3 Å². The first-order chi connectivity index (χ1) is 12.2. The van der Waals surface area contributed by atoms with E-state index in [-0.39, 0.29) is 0 Å². The van der Waals surface area contributed by atoms with E-state index in [9.17, 15) is 0 Å². The maximum absolute atomic E-state index is 5.78. The molecule has 0 aliphatic carbocycles. The Morgan fingerprint density at radius 1 is 1.24 bits per heavy atom. The lowest BCUT2D eigenvalue weighted by Gasteiger charge is -2.16. The van der Waals surface area contributed by atoms with Gasteiger partial charge in [-0.1, -0.05) is 37.3 Å². The van der Waals surface area contributed by atoms with E-state index in [1.54, 1.807) is 7.05 Å². The standard InChI is InChI=1S/C19H29N5O/c1-16(14-25-15-17-7-5-4-6-8-17)11-22-19(20-2)21-10-9-18-12-23-24(3)13-18/h4-8,12-13,16H,9-11,14-15H2,1-3H3,(H2,20,21,22). The Bertz CT molecular complexity index is 638. The molecule has 0 bridgehead atoms. The molecule has 2 rings (SSSR count). The Morgan fingerprint density at radius 2 is 2.04 bits per heavy atom. The number of hydrogen-bond acceptors (Lipinski definition) is 3. The first kappa shape index (κ1) is 19.0. The summed E-state index contributed by atoms with van der Waals surface area (Å²) in [5.41, 5.74) is 2.42. The molecule has 0 spiro atoms. The topological polar surface area (TPSA) is 63.5 Å². The van der Waals surface area contributed by atoms with Crippen LogP contribution in [-0.2, 0) is 24.8 Å². The Hall–Kier alpha value is -2.34. The van der Waals surface area contributed by atoms with E-state index in [0.717, 1.165) is 25.5 Å². The predicted molar refractivity (Wildman–Crippen MR) is 102 cm³/mol. The van der Waals surface area contributed by atoms with Gasteiger partial charge in [-0.15, -0.1) is 0 Å². The van der Waals surface area contributed by atoms with Gasteiger partial charge >= 0.3 is 0 Å². The fourth-order valence-electron chi connectivity index (χ4n) is 2.43. The van der Waals surface area contributed by atoms with Crippen LogP contribution in [0.15, 0.2) is 47.7 Å². The monoisotopic (exact) mass is 343 g/mol. The van der Waals surface area contributed by atoms with Gasteiger partial charge in [-0.3, -0.25) is 9.67 Å². The van der Waals surface area contributed by atoms with Crippen LogP contribution in [0.3, 0.4) is 0 Å². The number of ether oxygens (including phenoxy) is 1. The van der Waals surface area contributed by atoms with Crippen LogP contribution in [0.5, 0.6) is 0 Å². The highest BCUT2D eigenvalue weighted by molar-refractivity contribution is 5.79. The second-order valence-electron chi connectivity index (χ2n) is 6.26. The lowest BCUT2D eigenvalue weighted by Crippen LogP contribution is -2.40. The molecule has 2 N–H and O–H groups in total. The SMILES string of the molecule is CN=C(NCCc1cnn(C)c1)NCC(C)COCc1ccccc1. The van der Waals surface area contributed by atoms with E-state index in [0.29, 0.717) is 19.1 Å². The van der Waals surface area contributed by atoms with Gasteiger partial charge in [0, 0.05) is 33.4 Å². The molecule has 25 heavy (non-hydrogen) atoms. The molecule has 1 aromatic carbocycles. The Balaban J connectivity index is 1.59. The third-order valence-corrected chi connectivity index (χ3v) is 3.82. The second-order valence-corrected chi connectivity index (χ2v) is 6.26. The van der Waals surface area contributed by atoms with Crippen LogP contribution in [0.2, 0.25) is 0 Å². The van der Waals surface area contributed by atoms with Crippen molar-refractivity contribution in [2.45, 2.75) is 20.0 Å². The van der Waals surface area contributed by atoms with Crippen LogP contribution in [-0.4, -0.2) is 42.5 Å². The average Bonchev–Trinajstić information content (AvgIpc) is 3.04. The van der Waals surface area contributed by atoms with Crippen LogP contribution in [0.25, 0.3) is 0 Å². The molecule has 0 aliphatic rings. The van der Waals surface area contributed by atoms with Gasteiger partial charge in [-0.2, -0.15) is 5.10 Å². The fraction of sp³-hybridized carbons (Fsp3) is 0.474. The van der Waals surface area contributed by atoms with Crippen molar-refractivity contribution in [1.82, 2.24) is 20.4 Å². The summed E-state index contributed by atoms with van der Waals surface area (Å²) in [5, 5.41) is 10.8. The van der Waals surface area contributed by atoms with Gasteiger partial charge in [0.1, 0.15) is 0 Å². The summed E-state index contributed by atoms with van der Waals surface area (Å²) < 4.78 is 7.60. The van der Waals surface area contributed by atoms with Gasteiger partial charge in [0.25, 0.3) is 0 Å². The van der Waals surface area contributed by atoms with Crippen molar-refractivity contribution < 1.29 is 4.74 Å². The molecule has 1 atom stereocenters. The molecule has 6 nitrogen and oxygen atoms in total. The summed E-state index contributed by atoms with van der Waals surface area (Å²) in [4.78, 5) is 4.26. The van der Waals surface area contributed by atoms with Gasteiger partial charge in [-0.05, 0) is 23.5 Å². The number of nitrogens with zero attached hydrogens (tertiary/aromatic N) is 3. The minimum Gasteiger partial charge on any atom is -0.376 e. The quantitative estimate of drug-likeness (QED) is 0.540. The Kier molecular flexibility index (Phi) is 7.98. The number of aliphatic imine (C=N–C) groups is 1. The van der Waals surface area contributed by atoms with Crippen molar-refractivity contribution in [3.63, 3.8) is 0 Å². The summed E-state index contributed by atoms with van der Waals surface area (Å²) in [6, 6.07) is 10.2. The van der Waals surface area contributed by atoms with Gasteiger partial charge in [-0.25, -0.2) is 0 Å². The third-order valence-electron chi connectivity index (χ3n) is 3.82. The van der Waals surface area contributed by atoms with Crippen molar-refractivity contribution in [2.75, 3.05) is 26.7 Å². The third kappa shape index (κ3) is 7.39. The lowest BCUT2D eigenvalue weighted by atomic mass is 10.2. The normalized spacial score (nSPS) is 12.8. The number of benzene rings is 1. The molecule has 6 heteroatoms. The zero-order valence-corrected chi connectivity index (χ0v) is 15.4. The number of nitrogens with one attached hydrogen (secondary N) is 2. The first-order valence-electron chi connectivity index (χ1n) is 8.71. The van der Waals surface area contributed by atoms with Gasteiger partial charge in [0.15, 0.2) is 5.96 Å². The van der Waals surface area contributed by atoms with Crippen LogP contribution >= 0.6 is 0 Å². The predicted octanol–water partition coefficient (Wildman–Crippen LogP) is 1.98. The second kappa shape index (κ2) is 10.5. The van der Waals surface area contributed by atoms with Crippen molar-refractivity contribution in [2.24, 2.45) is 18.0 Å². The minimum absolute atomic E-state index is 0.403. The molecule has 0 radical (unpaired) electrons. The molecular weight excluding hydrogens is 314 g/mol. The van der Waals surface area contributed by atoms with Crippen molar-refractivity contribution in [1.29, 1.82) is 0 Å². The van der Waals surface area contributed by atoms with E-state index < -0.39 is 0 Å². The maximum Gasteiger partial charge on any atom is 0.190 e. The molecule has 1 aromatic heterocycles. The highest BCUT2D eigenvalue weighted by atomic mass is 16.5. The van der Waals surface area contributed by atoms with E-state index in [1.165, 1.54) is 11.1 Å². The van der Waals surface area contributed by atoms with Crippen LogP contribution in [0.1, 0.15) is 18.1 Å². The molecule has 0 aliphatic heterocycles. The zero-order valence-electron chi connectivity index (χ0n) is 15.4. The molecular formula is C19H29N5O. The lowest BCUT2D eigenvalue weighted by molar-refractivity contribution is 0.0931. The Morgan fingerprint density at radius 3 is 2.72 bits per heavy atom. The smallest absolute Gasteiger partial charge is 0.190 e. The maximum atomic E-state index is 5.78. The highest BCUT2D eigenvalue weighted by Gasteiger charge is 2.05. The van der Waals surface area contributed by atoms with Crippen LogP contribution in [0.4, 0.5) is 0 Å². The molecule has 1 heterocycles. The summed E-state index contributed by atoms with van der Waals surface area (Å²) in [6.07, 6.45) is 4.85. The van der Waals surface area contributed by atoms with Crippen molar-refractivity contribution >= 4 is 5.96 Å². The largest absolute Gasteiger partial charge is 0.376 e. The summed E-state index contributed by atoms with van der Waals surface area (Å²) >= 11 is 0. The minimum atomic E-state index is 0.403. The summed E-state index contributed by atoms with van der Waals surface area (Å²) in [7, 11) is 3.72. The van der Waals surface area contributed by atoms with Gasteiger partial charge < -0.3 is 15.4 Å². The zero-order chi connectivity index (χ0) is 17.9. The molecule has 2 aromatic rings. The molecule has 136 valence electrons. The average molecular weight is 343 g/mol. The van der Waals surface area contributed by atoms with Gasteiger partial charge in [0.2, 0.25) is 0 Å². The van der Waals surface area contributed by atoms with Crippen LogP contribution in [0, 0.1) is 5.92 Å². The number of hydrogen-bond donors (Lipinski definition) is 2. The number of aromatic nitrogens is 2. The summed E-state index contributed by atoms with van der Waals surface area (Å²) in [6.45, 7) is 5.18. The molecule has 0 fully saturated rings. The van der Waals surface area contributed by atoms with Crippen molar-refractivity contribution in [3.05, 3.63) is 53.9 Å². The van der Waals surface area contributed by atoms with Crippen molar-refractivity contribution in [3.8, 4) is 0 Å². The van der Waals surface area contributed by atoms with E-state index >= 15 is 0 Å². The summed E-state index contributed by atoms with van der Waals surface area (Å²) in [5.74, 6) is 1.22. The van der Waals surface area contributed by atoms with Crippen LogP contribution < -0.4 is 10.6 Å².